The van der Waals surface area contributed by atoms with E-state index >= 15 is 0 Å². The van der Waals surface area contributed by atoms with E-state index in [4.69, 9.17) is 11.2 Å². The molecule has 0 aromatic heterocycles. The molecule has 0 radical (unpaired) electrons. The van der Waals surface area contributed by atoms with Gasteiger partial charge in [-0.1, -0.05) is 51.1 Å². The summed E-state index contributed by atoms with van der Waals surface area (Å²) < 4.78 is 5.63. The van der Waals surface area contributed by atoms with Gasteiger partial charge in [0.15, 0.2) is 6.10 Å². The maximum Gasteiger partial charge on any atom is 0.338 e. The van der Waals surface area contributed by atoms with E-state index in [2.05, 4.69) is 5.92 Å². The van der Waals surface area contributed by atoms with Gasteiger partial charge in [-0.25, -0.2) is 4.79 Å². The van der Waals surface area contributed by atoms with Crippen LogP contribution in [0.4, 0.5) is 0 Å². The predicted molar refractivity (Wildman–Crippen MR) is 127 cm³/mol. The molecule has 1 aromatic carbocycles. The minimum Gasteiger partial charge on any atom is -0.456 e. The van der Waals surface area contributed by atoms with Crippen LogP contribution >= 0.6 is 0 Å². The van der Waals surface area contributed by atoms with Crippen molar-refractivity contribution >= 4 is 5.97 Å². The summed E-state index contributed by atoms with van der Waals surface area (Å²) in [6, 6.07) is 7.42. The lowest BCUT2D eigenvalue weighted by atomic mass is 9.75. The number of carbonyl (C=O) groups excluding carboxylic acids is 1. The molecule has 33 heavy (non-hydrogen) atoms. The van der Waals surface area contributed by atoms with E-state index in [9.17, 15) is 25.2 Å². The number of esters is 1. The van der Waals surface area contributed by atoms with Crippen molar-refractivity contribution in [1.82, 2.24) is 0 Å². The zero-order valence-electron chi connectivity index (χ0n) is 20.1. The van der Waals surface area contributed by atoms with Crippen LogP contribution in [0, 0.1) is 24.2 Å². The van der Waals surface area contributed by atoms with Crippen molar-refractivity contribution in [1.29, 1.82) is 0 Å². The first-order valence-corrected chi connectivity index (χ1v) is 11.6. The van der Waals surface area contributed by atoms with Crippen LogP contribution < -0.4 is 0 Å². The average Bonchev–Trinajstić information content (AvgIpc) is 2.79. The van der Waals surface area contributed by atoms with E-state index in [-0.39, 0.29) is 25.4 Å². The molecule has 1 heterocycles. The summed E-state index contributed by atoms with van der Waals surface area (Å²) in [4.78, 5) is 12.7. The molecule has 0 fully saturated rings. The van der Waals surface area contributed by atoms with Gasteiger partial charge in [0.1, 0.15) is 6.10 Å². The van der Waals surface area contributed by atoms with Crippen LogP contribution in [-0.4, -0.2) is 57.4 Å². The number of hydrogen-bond acceptors (Lipinski definition) is 6. The molecule has 0 saturated heterocycles. The Morgan fingerprint density at radius 2 is 2.00 bits per heavy atom. The van der Waals surface area contributed by atoms with Crippen molar-refractivity contribution in [3.8, 4) is 12.3 Å². The maximum atomic E-state index is 12.7. The molecule has 1 aromatic rings. The van der Waals surface area contributed by atoms with Gasteiger partial charge >= 0.3 is 5.97 Å². The van der Waals surface area contributed by atoms with Crippen LogP contribution in [0.5, 0.6) is 0 Å². The Labute approximate surface area is 197 Å². The van der Waals surface area contributed by atoms with E-state index in [1.165, 1.54) is 0 Å². The van der Waals surface area contributed by atoms with Crippen LogP contribution in [0.25, 0.3) is 0 Å². The number of hydrogen-bond donors (Lipinski definition) is 4. The molecule has 0 saturated carbocycles. The molecule has 6 heteroatoms. The smallest absolute Gasteiger partial charge is 0.338 e. The third-order valence-electron chi connectivity index (χ3n) is 6.82. The number of cyclic esters (lactones) is 1. The average molecular weight is 459 g/mol. The van der Waals surface area contributed by atoms with E-state index in [1.54, 1.807) is 13.0 Å². The largest absolute Gasteiger partial charge is 0.456 e. The lowest BCUT2D eigenvalue weighted by molar-refractivity contribution is -0.164. The van der Waals surface area contributed by atoms with Crippen LogP contribution in [0.1, 0.15) is 58.1 Å². The summed E-state index contributed by atoms with van der Waals surface area (Å²) in [7, 11) is 0. The molecule has 0 spiro atoms. The second kappa shape index (κ2) is 11.8. The molecule has 4 N–H and O–H groups in total. The summed E-state index contributed by atoms with van der Waals surface area (Å²) in [6.07, 6.45) is 4.40. The van der Waals surface area contributed by atoms with Gasteiger partial charge in [-0.3, -0.25) is 0 Å². The quantitative estimate of drug-likeness (QED) is 0.314. The highest BCUT2D eigenvalue weighted by molar-refractivity contribution is 5.75. The first-order chi connectivity index (χ1) is 15.5. The molecular weight excluding hydrogens is 420 g/mol. The van der Waals surface area contributed by atoms with E-state index in [0.29, 0.717) is 18.4 Å². The van der Waals surface area contributed by atoms with Gasteiger partial charge in [-0.2, -0.15) is 0 Å². The number of rotatable bonds is 4. The number of carbonyl (C=O) groups is 1. The minimum absolute atomic E-state index is 0.0426. The molecule has 2 rings (SSSR count). The Morgan fingerprint density at radius 3 is 2.61 bits per heavy atom. The van der Waals surface area contributed by atoms with E-state index in [0.717, 1.165) is 11.1 Å². The maximum absolute atomic E-state index is 12.7. The predicted octanol–water partition coefficient (Wildman–Crippen LogP) is 2.51. The molecule has 6 atom stereocenters. The van der Waals surface area contributed by atoms with Crippen molar-refractivity contribution in [3.63, 3.8) is 0 Å². The number of benzene rings is 1. The Morgan fingerprint density at radius 1 is 1.30 bits per heavy atom. The van der Waals surface area contributed by atoms with E-state index in [1.807, 2.05) is 45.0 Å². The number of terminal acetylenes is 1. The van der Waals surface area contributed by atoms with Crippen LogP contribution in [-0.2, 0) is 21.4 Å². The number of ether oxygens (including phenoxy) is 1. The highest BCUT2D eigenvalue weighted by atomic mass is 16.6. The Bertz CT molecular complexity index is 864. The fraction of sp³-hybridized carbons (Fsp3) is 0.593. The van der Waals surface area contributed by atoms with Crippen LogP contribution in [0.15, 0.2) is 35.9 Å². The molecule has 0 aliphatic carbocycles. The van der Waals surface area contributed by atoms with Gasteiger partial charge < -0.3 is 25.2 Å². The topological polar surface area (TPSA) is 107 Å². The third-order valence-corrected chi connectivity index (χ3v) is 6.82. The summed E-state index contributed by atoms with van der Waals surface area (Å²) >= 11 is 0. The van der Waals surface area contributed by atoms with Gasteiger partial charge in [0.25, 0.3) is 0 Å². The summed E-state index contributed by atoms with van der Waals surface area (Å²) in [5.74, 6) is 1.29. The van der Waals surface area contributed by atoms with Crippen molar-refractivity contribution in [2.75, 3.05) is 6.61 Å². The van der Waals surface area contributed by atoms with Gasteiger partial charge in [0, 0.05) is 36.7 Å². The molecular formula is C27H38O6. The van der Waals surface area contributed by atoms with Gasteiger partial charge in [0.2, 0.25) is 0 Å². The van der Waals surface area contributed by atoms with Gasteiger partial charge in [0.05, 0.1) is 12.2 Å². The highest BCUT2D eigenvalue weighted by Gasteiger charge is 2.35. The minimum atomic E-state index is -1.71. The number of fused-ring (bicyclic) bond motifs is 2. The Balaban J connectivity index is 2.48. The molecule has 6 nitrogen and oxygen atoms in total. The first-order valence-electron chi connectivity index (χ1n) is 11.6. The zero-order valence-corrected chi connectivity index (χ0v) is 20.1. The highest BCUT2D eigenvalue weighted by Crippen LogP contribution is 2.33. The molecule has 0 amide bonds. The summed E-state index contributed by atoms with van der Waals surface area (Å²) in [5.41, 5.74) is 1.71. The fourth-order valence-electron chi connectivity index (χ4n) is 4.17. The molecule has 2 bridgehead atoms. The van der Waals surface area contributed by atoms with Gasteiger partial charge in [-0.15, -0.1) is 12.3 Å². The van der Waals surface area contributed by atoms with Crippen LogP contribution in [0.2, 0.25) is 0 Å². The lowest BCUT2D eigenvalue weighted by Gasteiger charge is -2.34. The number of aliphatic hydroxyl groups excluding tert-OH is 4. The molecule has 1 aliphatic heterocycles. The van der Waals surface area contributed by atoms with Crippen molar-refractivity contribution in [2.45, 2.75) is 83.2 Å². The summed E-state index contributed by atoms with van der Waals surface area (Å²) in [6.45, 7) is 7.58. The standard InChI is InChI=1S/C27H38O6/c1-6-18-14-23(17(3)11-19(7-2)16-28)33-26(32)25(31)22(29)13-20-9-8-10-21(12-20)27(4,5)24(30)15-18/h1,8-12,18-19,22-25,28-31H,7,13-16H2,2-5H3/b17-11-/t18-,19-,22-,23?,24+,25+/m1/s1. The Kier molecular flexibility index (Phi) is 9.69. The van der Waals surface area contributed by atoms with Crippen LogP contribution in [0.3, 0.4) is 0 Å². The third kappa shape index (κ3) is 6.91. The molecule has 182 valence electrons. The fourth-order valence-corrected chi connectivity index (χ4v) is 4.17. The summed E-state index contributed by atoms with van der Waals surface area (Å²) in [5, 5.41) is 41.7. The SMILES string of the molecule is C#C[C@@H]1CC(/C(C)=C\[C@@H](CC)CO)OC(=O)[C@@H](O)[C@H](O)Cc2cccc(c2)C(C)(C)[C@@H](O)C1. The number of aliphatic hydroxyl groups is 4. The second-order valence-electron chi connectivity index (χ2n) is 9.68. The second-order valence-corrected chi connectivity index (χ2v) is 9.68. The first kappa shape index (κ1) is 27.1. The molecule has 1 aliphatic rings. The monoisotopic (exact) mass is 458 g/mol. The van der Waals surface area contributed by atoms with Crippen molar-refractivity contribution in [2.24, 2.45) is 11.8 Å². The van der Waals surface area contributed by atoms with Crippen molar-refractivity contribution < 1.29 is 30.0 Å². The molecule has 1 unspecified atom stereocenters. The van der Waals surface area contributed by atoms with E-state index < -0.39 is 41.7 Å². The zero-order chi connectivity index (χ0) is 24.8. The Hall–Kier alpha value is -2.17. The van der Waals surface area contributed by atoms with Gasteiger partial charge in [-0.05, 0) is 36.5 Å². The van der Waals surface area contributed by atoms with Crippen molar-refractivity contribution in [3.05, 3.63) is 47.0 Å². The normalized spacial score (nSPS) is 30.0. The lowest BCUT2D eigenvalue weighted by Crippen LogP contribution is -2.40.